The molecule has 0 saturated carbocycles. The van der Waals surface area contributed by atoms with Crippen molar-refractivity contribution >= 4 is 31.9 Å². The summed E-state index contributed by atoms with van der Waals surface area (Å²) in [5, 5.41) is 3.59. The Labute approximate surface area is 125 Å². The molecular weight excluding hydrogens is 358 g/mol. The fraction of sp³-hybridized carbons (Fsp3) is 0.429. The van der Waals surface area contributed by atoms with Gasteiger partial charge in [-0.1, -0.05) is 28.1 Å². The van der Waals surface area contributed by atoms with Crippen LogP contribution >= 0.6 is 31.9 Å². The van der Waals surface area contributed by atoms with Crippen molar-refractivity contribution in [2.45, 2.75) is 31.8 Å². The molecule has 18 heavy (non-hydrogen) atoms. The standard InChI is InChI=1S/C14H17Br2NO/c1-18-14-10(7-11(15)8-13(14)16)9-17-12-5-3-2-4-6-12/h2-3,7-8,12,17H,4-6,9H2,1H3. The Hall–Kier alpha value is -0.320. The maximum absolute atomic E-state index is 5.45. The first-order chi connectivity index (χ1) is 8.70. The van der Waals surface area contributed by atoms with Gasteiger partial charge in [-0.25, -0.2) is 0 Å². The molecule has 0 aromatic heterocycles. The first-order valence-corrected chi connectivity index (χ1v) is 7.69. The number of ether oxygens (including phenoxy) is 1. The lowest BCUT2D eigenvalue weighted by molar-refractivity contribution is 0.400. The van der Waals surface area contributed by atoms with Gasteiger partial charge in [0.15, 0.2) is 0 Å². The van der Waals surface area contributed by atoms with Crippen molar-refractivity contribution in [1.29, 1.82) is 0 Å². The molecule has 1 aliphatic carbocycles. The van der Waals surface area contributed by atoms with Crippen molar-refractivity contribution in [2.24, 2.45) is 0 Å². The molecule has 0 saturated heterocycles. The molecule has 1 atom stereocenters. The third kappa shape index (κ3) is 3.59. The molecule has 2 nitrogen and oxygen atoms in total. The molecule has 2 rings (SSSR count). The second-order valence-corrected chi connectivity index (χ2v) is 6.21. The molecule has 0 aliphatic heterocycles. The highest BCUT2D eigenvalue weighted by Gasteiger charge is 2.13. The summed E-state index contributed by atoms with van der Waals surface area (Å²) in [6.07, 6.45) is 8.03. The summed E-state index contributed by atoms with van der Waals surface area (Å²) < 4.78 is 7.50. The number of halogens is 2. The van der Waals surface area contributed by atoms with Crippen LogP contribution in [0.3, 0.4) is 0 Å². The van der Waals surface area contributed by atoms with E-state index in [9.17, 15) is 0 Å². The van der Waals surface area contributed by atoms with Gasteiger partial charge >= 0.3 is 0 Å². The van der Waals surface area contributed by atoms with Crippen LogP contribution in [0.25, 0.3) is 0 Å². The topological polar surface area (TPSA) is 21.3 Å². The fourth-order valence-electron chi connectivity index (χ4n) is 2.21. The largest absolute Gasteiger partial charge is 0.495 e. The quantitative estimate of drug-likeness (QED) is 0.787. The van der Waals surface area contributed by atoms with E-state index in [4.69, 9.17) is 4.74 Å². The Bertz CT molecular complexity index is 446. The summed E-state index contributed by atoms with van der Waals surface area (Å²) >= 11 is 7.05. The zero-order chi connectivity index (χ0) is 13.0. The van der Waals surface area contributed by atoms with Crippen molar-refractivity contribution in [3.05, 3.63) is 38.8 Å². The molecule has 1 aliphatic rings. The van der Waals surface area contributed by atoms with E-state index in [1.807, 2.05) is 6.07 Å². The number of benzene rings is 1. The van der Waals surface area contributed by atoms with Crippen LogP contribution in [0.4, 0.5) is 0 Å². The lowest BCUT2D eigenvalue weighted by atomic mass is 10.0. The molecule has 1 unspecified atom stereocenters. The molecule has 0 heterocycles. The van der Waals surface area contributed by atoms with Gasteiger partial charge in [0, 0.05) is 22.6 Å². The van der Waals surface area contributed by atoms with Gasteiger partial charge in [0.2, 0.25) is 0 Å². The van der Waals surface area contributed by atoms with Crippen molar-refractivity contribution in [2.75, 3.05) is 7.11 Å². The summed E-state index contributed by atoms with van der Waals surface area (Å²) in [5.41, 5.74) is 1.17. The maximum atomic E-state index is 5.45. The Morgan fingerprint density at radius 1 is 1.33 bits per heavy atom. The van der Waals surface area contributed by atoms with Crippen LogP contribution in [-0.4, -0.2) is 13.2 Å². The summed E-state index contributed by atoms with van der Waals surface area (Å²) in [6.45, 7) is 0.833. The molecule has 0 amide bonds. The first-order valence-electron chi connectivity index (χ1n) is 6.11. The number of hydrogen-bond donors (Lipinski definition) is 1. The third-order valence-corrected chi connectivity index (χ3v) is 4.19. The summed E-state index contributed by atoms with van der Waals surface area (Å²) in [5.74, 6) is 0.914. The van der Waals surface area contributed by atoms with Gasteiger partial charge in [0.05, 0.1) is 11.6 Å². The van der Waals surface area contributed by atoms with Gasteiger partial charge in [0.25, 0.3) is 0 Å². The molecule has 1 aromatic carbocycles. The van der Waals surface area contributed by atoms with Crippen LogP contribution in [0.15, 0.2) is 33.2 Å². The SMILES string of the molecule is COc1c(Br)cc(Br)cc1CNC1CC=CCC1. The third-order valence-electron chi connectivity index (χ3n) is 3.14. The van der Waals surface area contributed by atoms with E-state index >= 15 is 0 Å². The fourth-order valence-corrected chi connectivity index (χ4v) is 3.68. The van der Waals surface area contributed by atoms with Gasteiger partial charge in [-0.15, -0.1) is 0 Å². The summed E-state index contributed by atoms with van der Waals surface area (Å²) in [7, 11) is 1.71. The van der Waals surface area contributed by atoms with E-state index in [1.54, 1.807) is 7.11 Å². The van der Waals surface area contributed by atoms with E-state index in [1.165, 1.54) is 18.4 Å². The van der Waals surface area contributed by atoms with Gasteiger partial charge in [-0.05, 0) is 47.3 Å². The van der Waals surface area contributed by atoms with E-state index in [-0.39, 0.29) is 0 Å². The highest BCUT2D eigenvalue weighted by Crippen LogP contribution is 2.32. The van der Waals surface area contributed by atoms with Crippen molar-refractivity contribution in [3.8, 4) is 5.75 Å². The average molecular weight is 375 g/mol. The Kier molecular flexibility index (Phi) is 5.27. The van der Waals surface area contributed by atoms with Crippen LogP contribution < -0.4 is 10.1 Å². The minimum absolute atomic E-state index is 0.581. The molecule has 1 N–H and O–H groups in total. The Morgan fingerprint density at radius 2 is 2.17 bits per heavy atom. The lowest BCUT2D eigenvalue weighted by Crippen LogP contribution is -2.29. The highest BCUT2D eigenvalue weighted by molar-refractivity contribution is 9.11. The van der Waals surface area contributed by atoms with E-state index in [2.05, 4.69) is 55.4 Å². The Balaban J connectivity index is 2.06. The Morgan fingerprint density at radius 3 is 2.83 bits per heavy atom. The van der Waals surface area contributed by atoms with Crippen LogP contribution in [0.5, 0.6) is 5.75 Å². The molecule has 1 aromatic rings. The second kappa shape index (κ2) is 6.73. The minimum atomic E-state index is 0.581. The van der Waals surface area contributed by atoms with Crippen LogP contribution in [-0.2, 0) is 6.54 Å². The predicted molar refractivity (Wildman–Crippen MR) is 82.0 cm³/mol. The molecule has 4 heteroatoms. The summed E-state index contributed by atoms with van der Waals surface area (Å²) in [4.78, 5) is 0. The van der Waals surface area contributed by atoms with Gasteiger partial charge in [-0.2, -0.15) is 0 Å². The van der Waals surface area contributed by atoms with Crippen LogP contribution in [0.2, 0.25) is 0 Å². The molecule has 0 fully saturated rings. The number of nitrogens with one attached hydrogen (secondary N) is 1. The van der Waals surface area contributed by atoms with Crippen molar-refractivity contribution in [1.82, 2.24) is 5.32 Å². The molecular formula is C14H17Br2NO. The van der Waals surface area contributed by atoms with Gasteiger partial charge in [0.1, 0.15) is 5.75 Å². The molecule has 0 spiro atoms. The van der Waals surface area contributed by atoms with Gasteiger partial charge in [-0.3, -0.25) is 0 Å². The van der Waals surface area contributed by atoms with E-state index < -0.39 is 0 Å². The molecule has 0 radical (unpaired) electrons. The van der Waals surface area contributed by atoms with Gasteiger partial charge < -0.3 is 10.1 Å². The number of allylic oxidation sites excluding steroid dienone is 1. The number of rotatable bonds is 4. The predicted octanol–water partition coefficient (Wildman–Crippen LogP) is 4.42. The zero-order valence-corrected chi connectivity index (χ0v) is 13.6. The van der Waals surface area contributed by atoms with Crippen LogP contribution in [0.1, 0.15) is 24.8 Å². The van der Waals surface area contributed by atoms with E-state index in [0.717, 1.165) is 27.7 Å². The van der Waals surface area contributed by atoms with Crippen molar-refractivity contribution in [3.63, 3.8) is 0 Å². The lowest BCUT2D eigenvalue weighted by Gasteiger charge is -2.20. The van der Waals surface area contributed by atoms with Crippen molar-refractivity contribution < 1.29 is 4.74 Å². The second-order valence-electron chi connectivity index (χ2n) is 4.44. The average Bonchev–Trinajstić information content (AvgIpc) is 2.37. The molecule has 98 valence electrons. The summed E-state index contributed by atoms with van der Waals surface area (Å²) in [6, 6.07) is 4.69. The first kappa shape index (κ1) is 14.1. The normalized spacial score (nSPS) is 18.9. The van der Waals surface area contributed by atoms with Crippen LogP contribution in [0, 0.1) is 0 Å². The number of methoxy groups -OCH3 is 1. The highest BCUT2D eigenvalue weighted by atomic mass is 79.9. The zero-order valence-electron chi connectivity index (χ0n) is 10.4. The monoisotopic (exact) mass is 373 g/mol. The minimum Gasteiger partial charge on any atom is -0.495 e. The maximum Gasteiger partial charge on any atom is 0.137 e. The molecule has 0 bridgehead atoms. The number of hydrogen-bond acceptors (Lipinski definition) is 2. The smallest absolute Gasteiger partial charge is 0.137 e. The van der Waals surface area contributed by atoms with E-state index in [0.29, 0.717) is 6.04 Å².